The Kier molecular flexibility index (Phi) is 5.04. The third-order valence-electron chi connectivity index (χ3n) is 1.38. The van der Waals surface area contributed by atoms with Gasteiger partial charge in [-0.15, -0.1) is 0 Å². The highest BCUT2D eigenvalue weighted by atomic mass is 28.1. The Labute approximate surface area is 60.3 Å². The summed E-state index contributed by atoms with van der Waals surface area (Å²) in [6, 6.07) is 0. The van der Waals surface area contributed by atoms with Gasteiger partial charge in [0.25, 0.3) is 0 Å². The highest BCUT2D eigenvalue weighted by molar-refractivity contribution is 6.11. The maximum atomic E-state index is 8.66. The van der Waals surface area contributed by atoms with Crippen molar-refractivity contribution in [1.82, 2.24) is 4.90 Å². The fraction of sp³-hybridized carbons (Fsp3) is 1.00. The molecule has 1 unspecified atom stereocenters. The minimum Gasteiger partial charge on any atom is -0.396 e. The van der Waals surface area contributed by atoms with E-state index in [9.17, 15) is 0 Å². The molecule has 0 aliphatic carbocycles. The first-order chi connectivity index (χ1) is 4.16. The van der Waals surface area contributed by atoms with Gasteiger partial charge in [0.1, 0.15) is 0 Å². The van der Waals surface area contributed by atoms with Crippen LogP contribution in [0.4, 0.5) is 0 Å². The summed E-state index contributed by atoms with van der Waals surface area (Å²) in [5, 5.41) is 8.66. The summed E-state index contributed by atoms with van der Waals surface area (Å²) in [6.07, 6.45) is 1.15. The topological polar surface area (TPSA) is 23.5 Å². The Bertz CT molecular complexity index is 68.1. The summed E-state index contributed by atoms with van der Waals surface area (Å²) < 4.78 is 0. The van der Waals surface area contributed by atoms with Crippen LogP contribution in [-0.2, 0) is 0 Å². The molecule has 56 valence electrons. The van der Waals surface area contributed by atoms with Crippen LogP contribution in [0.1, 0.15) is 6.42 Å². The molecule has 0 aromatic carbocycles. The molecule has 3 heteroatoms. The zero-order valence-electron chi connectivity index (χ0n) is 6.59. The summed E-state index contributed by atoms with van der Waals surface area (Å²) >= 11 is 0. The van der Waals surface area contributed by atoms with Crippen molar-refractivity contribution in [1.29, 1.82) is 0 Å². The molecular weight excluding hydrogens is 130 g/mol. The highest BCUT2D eigenvalue weighted by Crippen LogP contribution is 2.02. The zero-order chi connectivity index (χ0) is 7.28. The van der Waals surface area contributed by atoms with Gasteiger partial charge in [-0.25, -0.2) is 0 Å². The maximum absolute atomic E-state index is 8.66. The molecule has 1 N–H and O–H groups in total. The van der Waals surface area contributed by atoms with Gasteiger partial charge >= 0.3 is 0 Å². The lowest BCUT2D eigenvalue weighted by molar-refractivity contribution is 0.274. The van der Waals surface area contributed by atoms with Crippen molar-refractivity contribution in [3.8, 4) is 0 Å². The Morgan fingerprint density at radius 1 is 1.56 bits per heavy atom. The molecule has 0 aromatic rings. The number of nitrogens with zero attached hydrogens (tertiary/aromatic N) is 1. The van der Waals surface area contributed by atoms with Crippen LogP contribution < -0.4 is 0 Å². The molecule has 0 aliphatic heterocycles. The van der Waals surface area contributed by atoms with Gasteiger partial charge in [-0.05, 0) is 32.6 Å². The molecule has 0 rings (SSSR count). The fourth-order valence-electron chi connectivity index (χ4n) is 0.570. The third kappa shape index (κ3) is 6.02. The van der Waals surface area contributed by atoms with Gasteiger partial charge in [0.2, 0.25) is 0 Å². The lowest BCUT2D eigenvalue weighted by atomic mass is 10.3. The monoisotopic (exact) mass is 147 g/mol. The summed E-state index contributed by atoms with van der Waals surface area (Å²) in [5.41, 5.74) is 0.590. The lowest BCUT2D eigenvalue weighted by Crippen LogP contribution is -2.15. The van der Waals surface area contributed by atoms with Crippen molar-refractivity contribution in [2.75, 3.05) is 27.2 Å². The van der Waals surface area contributed by atoms with E-state index in [-0.39, 0.29) is 0 Å². The molecule has 9 heavy (non-hydrogen) atoms. The summed E-state index contributed by atoms with van der Waals surface area (Å²) in [5.74, 6) is 0. The highest BCUT2D eigenvalue weighted by Gasteiger charge is 1.98. The number of hydrogen-bond donors (Lipinski definition) is 1. The number of hydrogen-bond acceptors (Lipinski definition) is 2. The molecule has 0 spiro atoms. The first-order valence-electron chi connectivity index (χ1n) is 3.42. The van der Waals surface area contributed by atoms with E-state index in [1.165, 1.54) is 0 Å². The Balaban J connectivity index is 3.06. The van der Waals surface area contributed by atoms with Crippen LogP contribution >= 0.6 is 0 Å². The Hall–Kier alpha value is 0.137. The molecule has 0 aromatic heterocycles. The van der Waals surface area contributed by atoms with Gasteiger partial charge < -0.3 is 10.0 Å². The van der Waals surface area contributed by atoms with Gasteiger partial charge in [-0.2, -0.15) is 0 Å². The Morgan fingerprint density at radius 2 is 2.11 bits per heavy atom. The number of rotatable bonds is 4. The standard InChI is InChI=1S/C6H17NOSi/c1-7(2)4-3-6(9)5-8/h6,8H,3-5H2,1-2,9H3. The van der Waals surface area contributed by atoms with Crippen molar-refractivity contribution in [2.24, 2.45) is 0 Å². The molecule has 0 amide bonds. The predicted octanol–water partition coefficient (Wildman–Crippen LogP) is -0.916. The quantitative estimate of drug-likeness (QED) is 0.520. The van der Waals surface area contributed by atoms with E-state index in [1.54, 1.807) is 0 Å². The molecule has 0 heterocycles. The molecule has 0 radical (unpaired) electrons. The van der Waals surface area contributed by atoms with Crippen LogP contribution in [-0.4, -0.2) is 47.5 Å². The van der Waals surface area contributed by atoms with Gasteiger partial charge in [-0.3, -0.25) is 0 Å². The third-order valence-corrected chi connectivity index (χ3v) is 2.32. The normalized spacial score (nSPS) is 14.7. The van der Waals surface area contributed by atoms with Crippen LogP contribution in [0.15, 0.2) is 0 Å². The van der Waals surface area contributed by atoms with Gasteiger partial charge in [0.05, 0.1) is 0 Å². The summed E-state index contributed by atoms with van der Waals surface area (Å²) in [6.45, 7) is 1.48. The number of aliphatic hydroxyl groups is 1. The van der Waals surface area contributed by atoms with Crippen LogP contribution in [0.2, 0.25) is 5.54 Å². The molecule has 0 bridgehead atoms. The Morgan fingerprint density at radius 3 is 2.44 bits per heavy atom. The van der Waals surface area contributed by atoms with Gasteiger partial charge in [0, 0.05) is 16.8 Å². The van der Waals surface area contributed by atoms with Crippen molar-refractivity contribution in [3.63, 3.8) is 0 Å². The van der Waals surface area contributed by atoms with E-state index < -0.39 is 0 Å². The van der Waals surface area contributed by atoms with E-state index >= 15 is 0 Å². The second-order valence-electron chi connectivity index (χ2n) is 2.88. The second-order valence-corrected chi connectivity index (χ2v) is 4.51. The van der Waals surface area contributed by atoms with E-state index in [0.29, 0.717) is 12.1 Å². The van der Waals surface area contributed by atoms with E-state index in [4.69, 9.17) is 5.11 Å². The fourth-order valence-corrected chi connectivity index (χ4v) is 0.828. The van der Waals surface area contributed by atoms with Gasteiger partial charge in [-0.1, -0.05) is 0 Å². The molecule has 0 aliphatic rings. The average molecular weight is 147 g/mol. The number of aliphatic hydroxyl groups excluding tert-OH is 1. The lowest BCUT2D eigenvalue weighted by Gasteiger charge is -2.12. The van der Waals surface area contributed by atoms with Crippen molar-refractivity contribution < 1.29 is 5.11 Å². The smallest absolute Gasteiger partial charge is 0.0427 e. The predicted molar refractivity (Wildman–Crippen MR) is 43.9 cm³/mol. The minimum absolute atomic E-state index is 0.375. The van der Waals surface area contributed by atoms with E-state index in [2.05, 4.69) is 19.0 Å². The molecule has 0 saturated carbocycles. The summed E-state index contributed by atoms with van der Waals surface area (Å²) in [7, 11) is 5.24. The molecule has 0 fully saturated rings. The molecule has 0 saturated heterocycles. The van der Waals surface area contributed by atoms with Crippen molar-refractivity contribution >= 4 is 10.2 Å². The summed E-state index contributed by atoms with van der Waals surface area (Å²) in [4.78, 5) is 2.15. The average Bonchev–Trinajstić information content (AvgIpc) is 1.83. The van der Waals surface area contributed by atoms with E-state index in [1.807, 2.05) is 0 Å². The largest absolute Gasteiger partial charge is 0.396 e. The van der Waals surface area contributed by atoms with Crippen LogP contribution in [0.5, 0.6) is 0 Å². The first kappa shape index (κ1) is 9.14. The molecule has 2 nitrogen and oxygen atoms in total. The molecule has 1 atom stereocenters. The first-order valence-corrected chi connectivity index (χ1v) is 4.58. The SMILES string of the molecule is CN(C)CCC([SiH3])CO. The van der Waals surface area contributed by atoms with Crippen molar-refractivity contribution in [3.05, 3.63) is 0 Å². The minimum atomic E-state index is 0.375. The maximum Gasteiger partial charge on any atom is 0.0427 e. The zero-order valence-corrected chi connectivity index (χ0v) is 8.59. The van der Waals surface area contributed by atoms with E-state index in [0.717, 1.165) is 23.2 Å². The van der Waals surface area contributed by atoms with Crippen LogP contribution in [0, 0.1) is 0 Å². The van der Waals surface area contributed by atoms with Crippen LogP contribution in [0.3, 0.4) is 0 Å². The molecular formula is C6H17NOSi. The van der Waals surface area contributed by atoms with Crippen molar-refractivity contribution in [2.45, 2.75) is 12.0 Å². The second kappa shape index (κ2) is 4.96. The van der Waals surface area contributed by atoms with Gasteiger partial charge in [0.15, 0.2) is 0 Å². The van der Waals surface area contributed by atoms with Crippen LogP contribution in [0.25, 0.3) is 0 Å².